The molecule has 0 bridgehead atoms. The summed E-state index contributed by atoms with van der Waals surface area (Å²) in [6.07, 6.45) is 5.43. The van der Waals surface area contributed by atoms with Crippen LogP contribution in [-0.2, 0) is 11.2 Å². The fourth-order valence-corrected chi connectivity index (χ4v) is 3.94. The predicted octanol–water partition coefficient (Wildman–Crippen LogP) is 2.41. The van der Waals surface area contributed by atoms with Crippen molar-refractivity contribution in [3.8, 4) is 10.8 Å². The summed E-state index contributed by atoms with van der Waals surface area (Å²) < 4.78 is 0. The van der Waals surface area contributed by atoms with E-state index >= 15 is 0 Å². The number of hydrogen-bond acceptors (Lipinski definition) is 5. The maximum absolute atomic E-state index is 12.3. The molecule has 7 heteroatoms. The smallest absolute Gasteiger partial charge is 0.226 e. The molecule has 0 saturated heterocycles. The van der Waals surface area contributed by atoms with Gasteiger partial charge in [0.05, 0.1) is 12.1 Å². The molecule has 2 heterocycles. The van der Waals surface area contributed by atoms with Crippen LogP contribution in [0.25, 0.3) is 10.8 Å². The number of amides is 1. The number of carbonyl (C=O) groups excluding carboxylic acids is 1. The van der Waals surface area contributed by atoms with Crippen molar-refractivity contribution in [3.63, 3.8) is 0 Å². The molecule has 1 saturated carbocycles. The van der Waals surface area contributed by atoms with E-state index in [0.29, 0.717) is 24.1 Å². The molecule has 1 aliphatic carbocycles. The molecule has 0 aliphatic heterocycles. The molecule has 2 aromatic rings. The third-order valence-electron chi connectivity index (χ3n) is 4.38. The quantitative estimate of drug-likeness (QED) is 0.906. The Labute approximate surface area is 133 Å². The normalized spacial score (nSPS) is 25.1. The molecule has 6 nitrogen and oxygen atoms in total. The molecular formula is C15H21N5OS. The summed E-state index contributed by atoms with van der Waals surface area (Å²) in [5, 5.41) is 12.5. The highest BCUT2D eigenvalue weighted by Gasteiger charge is 2.28. The summed E-state index contributed by atoms with van der Waals surface area (Å²) in [6.45, 7) is 4.46. The van der Waals surface area contributed by atoms with Crippen molar-refractivity contribution in [1.29, 1.82) is 0 Å². The summed E-state index contributed by atoms with van der Waals surface area (Å²) in [6, 6.07) is 0.286. The number of carbonyl (C=O) groups is 1. The summed E-state index contributed by atoms with van der Waals surface area (Å²) in [5.41, 5.74) is 0.782. The average Bonchev–Trinajstić information content (AvgIpc) is 3.13. The Kier molecular flexibility index (Phi) is 4.52. The number of nitrogens with zero attached hydrogens (tertiary/aromatic N) is 3. The van der Waals surface area contributed by atoms with E-state index in [4.69, 9.17) is 0 Å². The first-order valence-electron chi connectivity index (χ1n) is 7.73. The molecular weight excluding hydrogens is 298 g/mol. The number of rotatable bonds is 4. The maximum Gasteiger partial charge on any atom is 0.226 e. The zero-order valence-electron chi connectivity index (χ0n) is 12.9. The molecule has 1 amide bonds. The average molecular weight is 319 g/mol. The molecule has 1 fully saturated rings. The lowest BCUT2D eigenvalue weighted by Gasteiger charge is -2.35. The third kappa shape index (κ3) is 3.35. The first-order chi connectivity index (χ1) is 10.6. The van der Waals surface area contributed by atoms with Gasteiger partial charge >= 0.3 is 0 Å². The summed E-state index contributed by atoms with van der Waals surface area (Å²) in [7, 11) is 0. The summed E-state index contributed by atoms with van der Waals surface area (Å²) in [4.78, 5) is 20.8. The Bertz CT molecular complexity index is 614. The van der Waals surface area contributed by atoms with E-state index in [1.807, 2.05) is 5.38 Å². The van der Waals surface area contributed by atoms with Crippen molar-refractivity contribution >= 4 is 17.2 Å². The molecule has 22 heavy (non-hydrogen) atoms. The van der Waals surface area contributed by atoms with Crippen LogP contribution in [-0.4, -0.2) is 32.1 Å². The van der Waals surface area contributed by atoms with Crippen molar-refractivity contribution in [2.24, 2.45) is 11.8 Å². The third-order valence-corrected chi connectivity index (χ3v) is 5.28. The van der Waals surface area contributed by atoms with Crippen LogP contribution in [0, 0.1) is 11.8 Å². The molecule has 2 unspecified atom stereocenters. The molecule has 0 radical (unpaired) electrons. The molecule has 0 spiro atoms. The Morgan fingerprint density at radius 2 is 2.18 bits per heavy atom. The standard InChI is InChI=1S/C15H21N5OS/c1-9-4-3-5-10(2)13(9)19-12(21)6-11-7-22-15(18-11)14-16-8-17-20-14/h7-10,13H,3-6H2,1-2H3,(H,19,21)(H,16,17,20). The van der Waals surface area contributed by atoms with Gasteiger partial charge in [0.2, 0.25) is 5.91 Å². The molecule has 2 atom stereocenters. The lowest BCUT2D eigenvalue weighted by Crippen LogP contribution is -2.46. The molecule has 3 rings (SSSR count). The van der Waals surface area contributed by atoms with E-state index in [0.717, 1.165) is 10.7 Å². The number of aromatic amines is 1. The Morgan fingerprint density at radius 3 is 2.86 bits per heavy atom. The van der Waals surface area contributed by atoms with Crippen molar-refractivity contribution in [2.45, 2.75) is 45.6 Å². The summed E-state index contributed by atoms with van der Waals surface area (Å²) >= 11 is 1.47. The molecule has 2 aromatic heterocycles. The van der Waals surface area contributed by atoms with Gasteiger partial charge in [0.25, 0.3) is 0 Å². The first-order valence-corrected chi connectivity index (χ1v) is 8.61. The monoisotopic (exact) mass is 319 g/mol. The lowest BCUT2D eigenvalue weighted by atomic mass is 9.78. The number of aromatic nitrogens is 4. The molecule has 0 aromatic carbocycles. The SMILES string of the molecule is CC1CCCC(C)C1NC(=O)Cc1csc(-c2ncn[nH]2)n1. The van der Waals surface area contributed by atoms with Crippen LogP contribution < -0.4 is 5.32 Å². The maximum atomic E-state index is 12.3. The van der Waals surface area contributed by atoms with E-state index in [1.165, 1.54) is 36.9 Å². The highest BCUT2D eigenvalue weighted by Crippen LogP contribution is 2.29. The van der Waals surface area contributed by atoms with Crippen LogP contribution in [0.15, 0.2) is 11.7 Å². The second-order valence-electron chi connectivity index (χ2n) is 6.13. The summed E-state index contributed by atoms with van der Waals surface area (Å²) in [5.74, 6) is 1.80. The fraction of sp³-hybridized carbons (Fsp3) is 0.600. The van der Waals surface area contributed by atoms with Gasteiger partial charge in [-0.05, 0) is 24.7 Å². The van der Waals surface area contributed by atoms with Crippen LogP contribution >= 0.6 is 11.3 Å². The minimum absolute atomic E-state index is 0.0556. The zero-order valence-corrected chi connectivity index (χ0v) is 13.7. The van der Waals surface area contributed by atoms with Crippen molar-refractivity contribution < 1.29 is 4.79 Å². The number of hydrogen-bond donors (Lipinski definition) is 2. The zero-order chi connectivity index (χ0) is 15.5. The van der Waals surface area contributed by atoms with Gasteiger partial charge in [-0.15, -0.1) is 11.3 Å². The van der Waals surface area contributed by atoms with Gasteiger partial charge in [-0.3, -0.25) is 9.89 Å². The van der Waals surface area contributed by atoms with Crippen LogP contribution in [0.2, 0.25) is 0 Å². The van der Waals surface area contributed by atoms with Crippen LogP contribution in [0.5, 0.6) is 0 Å². The van der Waals surface area contributed by atoms with Gasteiger partial charge in [-0.1, -0.05) is 20.3 Å². The highest BCUT2D eigenvalue weighted by atomic mass is 32.1. The number of nitrogens with one attached hydrogen (secondary N) is 2. The van der Waals surface area contributed by atoms with E-state index in [-0.39, 0.29) is 11.9 Å². The second kappa shape index (κ2) is 6.56. The van der Waals surface area contributed by atoms with E-state index in [2.05, 4.69) is 39.3 Å². The Balaban J connectivity index is 1.60. The lowest BCUT2D eigenvalue weighted by molar-refractivity contribution is -0.122. The van der Waals surface area contributed by atoms with E-state index in [1.54, 1.807) is 0 Å². The van der Waals surface area contributed by atoms with Crippen LogP contribution in [0.1, 0.15) is 38.8 Å². The van der Waals surface area contributed by atoms with E-state index in [9.17, 15) is 4.79 Å². The van der Waals surface area contributed by atoms with Gasteiger partial charge in [-0.25, -0.2) is 9.97 Å². The fourth-order valence-electron chi connectivity index (χ4n) is 3.17. The van der Waals surface area contributed by atoms with Gasteiger partial charge in [0.15, 0.2) is 10.8 Å². The first kappa shape index (κ1) is 15.1. The largest absolute Gasteiger partial charge is 0.352 e. The minimum atomic E-state index is 0.0556. The predicted molar refractivity (Wildman–Crippen MR) is 85.3 cm³/mol. The Hall–Kier alpha value is -1.76. The van der Waals surface area contributed by atoms with Gasteiger partial charge in [-0.2, -0.15) is 5.10 Å². The van der Waals surface area contributed by atoms with Crippen molar-refractivity contribution in [2.75, 3.05) is 0 Å². The number of thiazole rings is 1. The second-order valence-corrected chi connectivity index (χ2v) is 6.99. The molecule has 2 N–H and O–H groups in total. The van der Waals surface area contributed by atoms with E-state index < -0.39 is 0 Å². The molecule has 1 aliphatic rings. The Morgan fingerprint density at radius 1 is 1.41 bits per heavy atom. The van der Waals surface area contributed by atoms with Crippen molar-refractivity contribution in [1.82, 2.24) is 25.5 Å². The topological polar surface area (TPSA) is 83.6 Å². The highest BCUT2D eigenvalue weighted by molar-refractivity contribution is 7.13. The van der Waals surface area contributed by atoms with Gasteiger partial charge in [0, 0.05) is 11.4 Å². The van der Waals surface area contributed by atoms with Gasteiger partial charge in [0.1, 0.15) is 6.33 Å². The van der Waals surface area contributed by atoms with Crippen molar-refractivity contribution in [3.05, 3.63) is 17.4 Å². The minimum Gasteiger partial charge on any atom is -0.352 e. The van der Waals surface area contributed by atoms with Gasteiger partial charge < -0.3 is 5.32 Å². The number of H-pyrrole nitrogens is 1. The van der Waals surface area contributed by atoms with Crippen LogP contribution in [0.3, 0.4) is 0 Å². The molecule has 118 valence electrons. The van der Waals surface area contributed by atoms with Crippen LogP contribution in [0.4, 0.5) is 0 Å².